The van der Waals surface area contributed by atoms with E-state index >= 15 is 0 Å². The van der Waals surface area contributed by atoms with E-state index in [1.165, 1.54) is 0 Å². The number of aryl methyl sites for hydroxylation is 2. The highest BCUT2D eigenvalue weighted by molar-refractivity contribution is 6.30. The van der Waals surface area contributed by atoms with E-state index in [9.17, 15) is 0 Å². The van der Waals surface area contributed by atoms with Crippen LogP contribution in [0.15, 0.2) is 6.20 Å². The van der Waals surface area contributed by atoms with Crippen molar-refractivity contribution in [1.82, 2.24) is 19.7 Å². The van der Waals surface area contributed by atoms with Crippen molar-refractivity contribution in [3.63, 3.8) is 0 Å². The van der Waals surface area contributed by atoms with Gasteiger partial charge in [0.15, 0.2) is 0 Å². The van der Waals surface area contributed by atoms with Crippen LogP contribution in [-0.2, 0) is 20.0 Å². The van der Waals surface area contributed by atoms with Crippen LogP contribution in [0.1, 0.15) is 29.6 Å². The van der Waals surface area contributed by atoms with Crippen LogP contribution in [0.25, 0.3) is 0 Å². The van der Waals surface area contributed by atoms with E-state index < -0.39 is 0 Å². The minimum absolute atomic E-state index is 0.511. The van der Waals surface area contributed by atoms with Crippen LogP contribution in [-0.4, -0.2) is 19.7 Å². The lowest BCUT2D eigenvalue weighted by atomic mass is 10.2. The Bertz CT molecular complexity index is 591. The van der Waals surface area contributed by atoms with Crippen molar-refractivity contribution >= 4 is 17.4 Å². The van der Waals surface area contributed by atoms with E-state index in [2.05, 4.69) is 20.4 Å². The van der Waals surface area contributed by atoms with Crippen LogP contribution in [0.3, 0.4) is 0 Å². The number of hydrogen-bond donors (Lipinski definition) is 1. The van der Waals surface area contributed by atoms with E-state index in [1.807, 2.05) is 38.7 Å². The molecule has 0 amide bonds. The smallest absolute Gasteiger partial charge is 0.137 e. The quantitative estimate of drug-likeness (QED) is 0.874. The molecule has 0 spiro atoms. The molecule has 0 bridgehead atoms. The fraction of sp³-hybridized carbons (Fsp3) is 0.462. The highest BCUT2D eigenvalue weighted by Gasteiger charge is 2.09. The maximum atomic E-state index is 6.11. The molecule has 2 rings (SSSR count). The van der Waals surface area contributed by atoms with Gasteiger partial charge in [0, 0.05) is 36.8 Å². The third-order valence-corrected chi connectivity index (χ3v) is 3.60. The Morgan fingerprint density at radius 3 is 2.63 bits per heavy atom. The maximum Gasteiger partial charge on any atom is 0.137 e. The van der Waals surface area contributed by atoms with E-state index in [0.29, 0.717) is 11.7 Å². The molecule has 2 aromatic heterocycles. The van der Waals surface area contributed by atoms with Gasteiger partial charge < -0.3 is 5.32 Å². The summed E-state index contributed by atoms with van der Waals surface area (Å²) in [4.78, 5) is 8.70. The predicted octanol–water partition coefficient (Wildman–Crippen LogP) is 2.65. The molecule has 0 aliphatic rings. The Morgan fingerprint density at radius 1 is 1.32 bits per heavy atom. The minimum Gasteiger partial charge on any atom is -0.365 e. The van der Waals surface area contributed by atoms with Gasteiger partial charge in [0.2, 0.25) is 0 Å². The first-order valence-electron chi connectivity index (χ1n) is 6.27. The number of aromatic nitrogens is 4. The van der Waals surface area contributed by atoms with Gasteiger partial charge >= 0.3 is 0 Å². The molecular formula is C13H18ClN5. The molecule has 0 saturated carbocycles. The van der Waals surface area contributed by atoms with Gasteiger partial charge in [0.05, 0.1) is 6.20 Å². The summed E-state index contributed by atoms with van der Waals surface area (Å²) in [5.41, 5.74) is 3.16. The van der Waals surface area contributed by atoms with Crippen LogP contribution >= 0.6 is 11.6 Å². The summed E-state index contributed by atoms with van der Waals surface area (Å²) in [5, 5.41) is 8.04. The number of hydrogen-bond acceptors (Lipinski definition) is 4. The zero-order chi connectivity index (χ0) is 14.0. The van der Waals surface area contributed by atoms with Crippen LogP contribution < -0.4 is 5.32 Å². The van der Waals surface area contributed by atoms with Crippen molar-refractivity contribution in [3.05, 3.63) is 34.0 Å². The number of nitrogens with zero attached hydrogens (tertiary/aromatic N) is 4. The van der Waals surface area contributed by atoms with Gasteiger partial charge in [-0.3, -0.25) is 4.68 Å². The third kappa shape index (κ3) is 2.87. The summed E-state index contributed by atoms with van der Waals surface area (Å²) in [6.07, 6.45) is 2.63. The number of nitrogens with one attached hydrogen (secondary N) is 1. The van der Waals surface area contributed by atoms with E-state index in [-0.39, 0.29) is 0 Å². The van der Waals surface area contributed by atoms with Crippen LogP contribution in [0.2, 0.25) is 5.15 Å². The monoisotopic (exact) mass is 279 g/mol. The summed E-state index contributed by atoms with van der Waals surface area (Å²) in [6.45, 7) is 6.65. The van der Waals surface area contributed by atoms with Crippen LogP contribution in [0.4, 0.5) is 5.82 Å². The molecular weight excluding hydrogens is 262 g/mol. The lowest BCUT2D eigenvalue weighted by molar-refractivity contribution is 0.738. The van der Waals surface area contributed by atoms with Crippen molar-refractivity contribution in [1.29, 1.82) is 0 Å². The van der Waals surface area contributed by atoms with Crippen LogP contribution in [0, 0.1) is 13.8 Å². The van der Waals surface area contributed by atoms with Gasteiger partial charge in [-0.1, -0.05) is 18.5 Å². The number of anilines is 1. The Morgan fingerprint density at radius 2 is 2.05 bits per heavy atom. The molecule has 0 fully saturated rings. The molecule has 0 saturated heterocycles. The first-order valence-corrected chi connectivity index (χ1v) is 6.65. The van der Waals surface area contributed by atoms with Gasteiger partial charge in [0.25, 0.3) is 0 Å². The third-order valence-electron chi connectivity index (χ3n) is 3.23. The fourth-order valence-corrected chi connectivity index (χ4v) is 1.95. The molecule has 102 valence electrons. The molecule has 5 nitrogen and oxygen atoms in total. The van der Waals surface area contributed by atoms with Gasteiger partial charge in [-0.25, -0.2) is 9.97 Å². The first-order chi connectivity index (χ1) is 9.02. The van der Waals surface area contributed by atoms with Crippen molar-refractivity contribution in [2.45, 2.75) is 33.7 Å². The average Bonchev–Trinajstić information content (AvgIpc) is 2.71. The molecule has 2 heterocycles. The Kier molecular flexibility index (Phi) is 4.04. The largest absolute Gasteiger partial charge is 0.365 e. The number of rotatable bonds is 4. The summed E-state index contributed by atoms with van der Waals surface area (Å²) >= 11 is 6.11. The molecule has 0 aliphatic carbocycles. The normalized spacial score (nSPS) is 10.8. The van der Waals surface area contributed by atoms with E-state index in [0.717, 1.165) is 34.9 Å². The van der Waals surface area contributed by atoms with E-state index in [4.69, 9.17) is 11.6 Å². The molecule has 19 heavy (non-hydrogen) atoms. The topological polar surface area (TPSA) is 55.6 Å². The van der Waals surface area contributed by atoms with Gasteiger partial charge in [-0.2, -0.15) is 5.10 Å². The zero-order valence-corrected chi connectivity index (χ0v) is 12.4. The molecule has 0 unspecified atom stereocenters. The summed E-state index contributed by atoms with van der Waals surface area (Å²) < 4.78 is 1.86. The van der Waals surface area contributed by atoms with Crippen molar-refractivity contribution in [2.75, 3.05) is 5.32 Å². The second-order valence-electron chi connectivity index (χ2n) is 4.49. The Labute approximate surface area is 118 Å². The highest BCUT2D eigenvalue weighted by Crippen LogP contribution is 2.21. The van der Waals surface area contributed by atoms with Gasteiger partial charge in [0.1, 0.15) is 16.8 Å². The molecule has 0 aliphatic heterocycles. The van der Waals surface area contributed by atoms with Crippen LogP contribution in [0.5, 0.6) is 0 Å². The van der Waals surface area contributed by atoms with Crippen molar-refractivity contribution in [2.24, 2.45) is 7.05 Å². The molecule has 1 N–H and O–H groups in total. The standard InChI is InChI=1S/C13H18ClN5/c1-5-11-17-12(14)8(2)13(18-11)15-6-10-7-16-19(4)9(10)3/h7H,5-6H2,1-4H3,(H,15,17,18). The first kappa shape index (κ1) is 13.8. The fourth-order valence-electron chi connectivity index (χ4n) is 1.76. The second kappa shape index (κ2) is 5.57. The molecule has 0 radical (unpaired) electrons. The summed E-state index contributed by atoms with van der Waals surface area (Å²) in [5.74, 6) is 1.54. The van der Waals surface area contributed by atoms with Crippen molar-refractivity contribution < 1.29 is 0 Å². The van der Waals surface area contributed by atoms with Gasteiger partial charge in [-0.15, -0.1) is 0 Å². The summed E-state index contributed by atoms with van der Waals surface area (Å²) in [7, 11) is 1.93. The Hall–Kier alpha value is -1.62. The number of halogens is 1. The highest BCUT2D eigenvalue weighted by atomic mass is 35.5. The molecule has 0 atom stereocenters. The maximum absolute atomic E-state index is 6.11. The average molecular weight is 280 g/mol. The molecule has 2 aromatic rings. The Balaban J connectivity index is 2.19. The summed E-state index contributed by atoms with van der Waals surface area (Å²) in [6, 6.07) is 0. The predicted molar refractivity (Wildman–Crippen MR) is 76.4 cm³/mol. The van der Waals surface area contributed by atoms with Crippen molar-refractivity contribution in [3.8, 4) is 0 Å². The molecule has 0 aromatic carbocycles. The van der Waals surface area contributed by atoms with Gasteiger partial charge in [-0.05, 0) is 13.8 Å². The lowest BCUT2D eigenvalue weighted by Crippen LogP contribution is -2.07. The minimum atomic E-state index is 0.511. The lowest BCUT2D eigenvalue weighted by Gasteiger charge is -2.10. The second-order valence-corrected chi connectivity index (χ2v) is 4.85. The SMILES string of the molecule is CCc1nc(Cl)c(C)c(NCc2cnn(C)c2C)n1. The zero-order valence-electron chi connectivity index (χ0n) is 11.7. The molecule has 6 heteroatoms. The van der Waals surface area contributed by atoms with E-state index in [1.54, 1.807) is 0 Å².